The smallest absolute Gasteiger partial charge is 0.157 e. The maximum absolute atomic E-state index is 5.80. The second-order valence-electron chi connectivity index (χ2n) is 10.3. The Morgan fingerprint density at radius 2 is 0.697 bits per heavy atom. The first-order valence-corrected chi connectivity index (χ1v) is 14.9. The molecule has 33 heavy (non-hydrogen) atoms. The highest BCUT2D eigenvalue weighted by atomic mass is 16.7. The number of hydrogen-bond acceptors (Lipinski definition) is 4. The summed E-state index contributed by atoms with van der Waals surface area (Å²) in [5, 5.41) is 0. The molecule has 2 rings (SSSR count). The van der Waals surface area contributed by atoms with Gasteiger partial charge in [0.15, 0.2) is 12.6 Å². The van der Waals surface area contributed by atoms with Crippen molar-refractivity contribution in [3.63, 3.8) is 0 Å². The van der Waals surface area contributed by atoms with E-state index in [2.05, 4.69) is 0 Å². The van der Waals surface area contributed by atoms with E-state index < -0.39 is 0 Å². The van der Waals surface area contributed by atoms with Gasteiger partial charge in [-0.2, -0.15) is 0 Å². The summed E-state index contributed by atoms with van der Waals surface area (Å²) >= 11 is 0. The van der Waals surface area contributed by atoms with Crippen molar-refractivity contribution in [2.24, 2.45) is 0 Å². The maximum Gasteiger partial charge on any atom is 0.157 e. The fourth-order valence-electron chi connectivity index (χ4n) is 4.97. The van der Waals surface area contributed by atoms with E-state index in [1.165, 1.54) is 135 Å². The van der Waals surface area contributed by atoms with Gasteiger partial charge in [0.05, 0.1) is 0 Å². The minimum Gasteiger partial charge on any atom is -0.353 e. The molecule has 4 heteroatoms. The topological polar surface area (TPSA) is 36.9 Å². The standard InChI is InChI=1S/C29H56O4/c1(2-4-6-8-10-12-14-18-24-30-28-22-16-20-26-32-28)3-5-7-9-11-13-15-19-25-31-29-23-17-21-27-33-29/h28-29H,1-27H2. The van der Waals surface area contributed by atoms with Gasteiger partial charge in [0.2, 0.25) is 0 Å². The van der Waals surface area contributed by atoms with Gasteiger partial charge < -0.3 is 18.9 Å². The first kappa shape index (κ1) is 29.1. The number of hydrogen-bond donors (Lipinski definition) is 0. The van der Waals surface area contributed by atoms with Crippen LogP contribution in [0.1, 0.15) is 148 Å². The Labute approximate surface area is 205 Å². The van der Waals surface area contributed by atoms with Crippen LogP contribution in [0.4, 0.5) is 0 Å². The highest BCUT2D eigenvalue weighted by Crippen LogP contribution is 2.17. The van der Waals surface area contributed by atoms with Crippen LogP contribution in [-0.2, 0) is 18.9 Å². The molecule has 0 aromatic heterocycles. The van der Waals surface area contributed by atoms with E-state index in [1.807, 2.05) is 0 Å². The Balaban J connectivity index is 1.16. The van der Waals surface area contributed by atoms with E-state index in [4.69, 9.17) is 18.9 Å². The molecule has 2 atom stereocenters. The zero-order chi connectivity index (χ0) is 23.1. The number of unbranched alkanes of at least 4 members (excludes halogenated alkanes) is 16. The van der Waals surface area contributed by atoms with Crippen molar-refractivity contribution in [3.05, 3.63) is 0 Å². The quantitative estimate of drug-likeness (QED) is 0.149. The second kappa shape index (κ2) is 22.3. The van der Waals surface area contributed by atoms with Crippen molar-refractivity contribution in [2.45, 2.75) is 160 Å². The van der Waals surface area contributed by atoms with Gasteiger partial charge in [0, 0.05) is 26.4 Å². The lowest BCUT2D eigenvalue weighted by molar-refractivity contribution is -0.163. The van der Waals surface area contributed by atoms with Gasteiger partial charge in [0.1, 0.15) is 0 Å². The SMILES string of the molecule is C(CCCCCCCCCOC1CCCCO1)CCCCCCCCCOC1CCCCO1. The molecule has 0 amide bonds. The molecule has 2 unspecified atom stereocenters. The summed E-state index contributed by atoms with van der Waals surface area (Å²) in [6, 6.07) is 0. The summed E-state index contributed by atoms with van der Waals surface area (Å²) in [6.45, 7) is 3.54. The van der Waals surface area contributed by atoms with Crippen LogP contribution in [0, 0.1) is 0 Å². The molecular formula is C29H56O4. The molecule has 0 radical (unpaired) electrons. The van der Waals surface area contributed by atoms with Gasteiger partial charge in [0.25, 0.3) is 0 Å². The Morgan fingerprint density at radius 1 is 0.394 bits per heavy atom. The molecule has 0 N–H and O–H groups in total. The first-order chi connectivity index (χ1) is 16.4. The number of rotatable bonds is 22. The lowest BCUT2D eigenvalue weighted by Gasteiger charge is -2.22. The van der Waals surface area contributed by atoms with Crippen molar-refractivity contribution in [1.82, 2.24) is 0 Å². The van der Waals surface area contributed by atoms with E-state index in [0.717, 1.165) is 39.3 Å². The molecule has 2 fully saturated rings. The Morgan fingerprint density at radius 3 is 0.970 bits per heavy atom. The lowest BCUT2D eigenvalue weighted by Crippen LogP contribution is -2.22. The normalized spacial score (nSPS) is 21.5. The van der Waals surface area contributed by atoms with E-state index in [1.54, 1.807) is 0 Å². The van der Waals surface area contributed by atoms with Crippen LogP contribution in [0.15, 0.2) is 0 Å². The molecule has 0 saturated carbocycles. The maximum atomic E-state index is 5.80. The van der Waals surface area contributed by atoms with Gasteiger partial charge in [-0.1, -0.05) is 96.3 Å². The monoisotopic (exact) mass is 468 g/mol. The third-order valence-corrected chi connectivity index (χ3v) is 7.17. The molecular weight excluding hydrogens is 412 g/mol. The Bertz CT molecular complexity index is 355. The molecule has 2 aliphatic rings. The van der Waals surface area contributed by atoms with Crippen molar-refractivity contribution >= 4 is 0 Å². The zero-order valence-electron chi connectivity index (χ0n) is 21.9. The van der Waals surface area contributed by atoms with Crippen LogP contribution in [0.3, 0.4) is 0 Å². The third-order valence-electron chi connectivity index (χ3n) is 7.17. The van der Waals surface area contributed by atoms with E-state index in [9.17, 15) is 0 Å². The predicted molar refractivity (Wildman–Crippen MR) is 138 cm³/mol. The average molecular weight is 469 g/mol. The van der Waals surface area contributed by atoms with Gasteiger partial charge >= 0.3 is 0 Å². The molecule has 196 valence electrons. The van der Waals surface area contributed by atoms with Gasteiger partial charge in [-0.05, 0) is 51.4 Å². The predicted octanol–water partition coefficient (Wildman–Crippen LogP) is 8.70. The molecule has 2 saturated heterocycles. The fraction of sp³-hybridized carbons (Fsp3) is 1.00. The Kier molecular flexibility index (Phi) is 19.7. The zero-order valence-corrected chi connectivity index (χ0v) is 21.9. The molecule has 2 aliphatic heterocycles. The van der Waals surface area contributed by atoms with Crippen molar-refractivity contribution in [1.29, 1.82) is 0 Å². The van der Waals surface area contributed by atoms with Gasteiger partial charge in [-0.25, -0.2) is 0 Å². The molecule has 0 spiro atoms. The van der Waals surface area contributed by atoms with Crippen LogP contribution in [0.2, 0.25) is 0 Å². The van der Waals surface area contributed by atoms with Crippen LogP contribution < -0.4 is 0 Å². The molecule has 0 aliphatic carbocycles. The summed E-state index contributed by atoms with van der Waals surface area (Å²) < 4.78 is 22.8. The lowest BCUT2D eigenvalue weighted by atomic mass is 10.0. The average Bonchev–Trinajstić information content (AvgIpc) is 2.86. The van der Waals surface area contributed by atoms with Gasteiger partial charge in [-0.15, -0.1) is 0 Å². The fourth-order valence-corrected chi connectivity index (χ4v) is 4.97. The summed E-state index contributed by atoms with van der Waals surface area (Å²) in [5.41, 5.74) is 0. The highest BCUT2D eigenvalue weighted by Gasteiger charge is 2.14. The first-order valence-electron chi connectivity index (χ1n) is 14.9. The van der Waals surface area contributed by atoms with Crippen molar-refractivity contribution in [2.75, 3.05) is 26.4 Å². The summed E-state index contributed by atoms with van der Waals surface area (Å²) in [5.74, 6) is 0. The third kappa shape index (κ3) is 17.9. The summed E-state index contributed by atoms with van der Waals surface area (Å²) in [7, 11) is 0. The van der Waals surface area contributed by atoms with Gasteiger partial charge in [-0.3, -0.25) is 0 Å². The molecule has 0 aromatic rings. The Hall–Kier alpha value is -0.160. The summed E-state index contributed by atoms with van der Waals surface area (Å²) in [4.78, 5) is 0. The van der Waals surface area contributed by atoms with E-state index in [0.29, 0.717) is 0 Å². The van der Waals surface area contributed by atoms with Crippen LogP contribution in [0.25, 0.3) is 0 Å². The minimum atomic E-state index is 0.0935. The molecule has 0 aromatic carbocycles. The van der Waals surface area contributed by atoms with E-state index >= 15 is 0 Å². The minimum absolute atomic E-state index is 0.0935. The van der Waals surface area contributed by atoms with Crippen molar-refractivity contribution < 1.29 is 18.9 Å². The van der Waals surface area contributed by atoms with Crippen molar-refractivity contribution in [3.8, 4) is 0 Å². The van der Waals surface area contributed by atoms with Crippen LogP contribution in [-0.4, -0.2) is 39.0 Å². The second-order valence-corrected chi connectivity index (χ2v) is 10.3. The van der Waals surface area contributed by atoms with Crippen LogP contribution in [0.5, 0.6) is 0 Å². The molecule has 0 bridgehead atoms. The number of ether oxygens (including phenoxy) is 4. The highest BCUT2D eigenvalue weighted by molar-refractivity contribution is 4.56. The van der Waals surface area contributed by atoms with Crippen LogP contribution >= 0.6 is 0 Å². The summed E-state index contributed by atoms with van der Waals surface area (Å²) in [6.07, 6.45) is 30.8. The molecule has 2 heterocycles. The van der Waals surface area contributed by atoms with E-state index in [-0.39, 0.29) is 12.6 Å². The largest absolute Gasteiger partial charge is 0.353 e. The molecule has 4 nitrogen and oxygen atoms in total.